The molecule has 0 N–H and O–H groups in total. The maximum Gasteiger partial charge on any atom is 0.242 e. The van der Waals surface area contributed by atoms with Crippen LogP contribution < -0.4 is 0 Å². The lowest BCUT2D eigenvalue weighted by atomic mass is 9.89. The van der Waals surface area contributed by atoms with E-state index in [0.29, 0.717) is 31.5 Å². The zero-order valence-electron chi connectivity index (χ0n) is 15.2. The molecular formula is C19H29N3O3. The Morgan fingerprint density at radius 2 is 1.80 bits per heavy atom. The van der Waals surface area contributed by atoms with E-state index in [9.17, 15) is 9.59 Å². The van der Waals surface area contributed by atoms with Crippen molar-refractivity contribution >= 4 is 11.8 Å². The summed E-state index contributed by atoms with van der Waals surface area (Å²) < 4.78 is 6.21. The van der Waals surface area contributed by atoms with Gasteiger partial charge in [-0.05, 0) is 37.5 Å². The Kier molecular flexibility index (Phi) is 3.65. The van der Waals surface area contributed by atoms with Gasteiger partial charge in [0.1, 0.15) is 11.6 Å². The topological polar surface area (TPSA) is 53.1 Å². The Balaban J connectivity index is 1.23. The molecule has 2 saturated carbocycles. The van der Waals surface area contributed by atoms with Gasteiger partial charge < -0.3 is 14.5 Å². The van der Waals surface area contributed by atoms with Gasteiger partial charge in [-0.15, -0.1) is 0 Å². The Morgan fingerprint density at radius 1 is 1.08 bits per heavy atom. The van der Waals surface area contributed by atoms with Crippen molar-refractivity contribution in [3.63, 3.8) is 0 Å². The van der Waals surface area contributed by atoms with Crippen LogP contribution in [0.25, 0.3) is 0 Å². The molecule has 6 heteroatoms. The summed E-state index contributed by atoms with van der Waals surface area (Å²) in [6, 6.07) is -0.111. The highest BCUT2D eigenvalue weighted by molar-refractivity contribution is 5.83. The molecular weight excluding hydrogens is 318 g/mol. The molecule has 2 amide bonds. The minimum atomic E-state index is -0.228. The first kappa shape index (κ1) is 16.1. The quantitative estimate of drug-likeness (QED) is 0.746. The monoisotopic (exact) mass is 347 g/mol. The molecule has 3 saturated heterocycles. The zero-order chi connectivity index (χ0) is 17.2. The van der Waals surface area contributed by atoms with Gasteiger partial charge in [-0.25, -0.2) is 0 Å². The summed E-state index contributed by atoms with van der Waals surface area (Å²) in [6.45, 7) is 7.68. The molecule has 0 unspecified atom stereocenters. The summed E-state index contributed by atoms with van der Waals surface area (Å²) in [5.41, 5.74) is -0.228. The maximum absolute atomic E-state index is 12.8. The van der Waals surface area contributed by atoms with E-state index in [4.69, 9.17) is 4.74 Å². The molecule has 1 spiro atoms. The van der Waals surface area contributed by atoms with Gasteiger partial charge in [-0.3, -0.25) is 14.5 Å². The van der Waals surface area contributed by atoms with Crippen LogP contribution in [0.3, 0.4) is 0 Å². The summed E-state index contributed by atoms with van der Waals surface area (Å²) >= 11 is 0. The first-order valence-electron chi connectivity index (χ1n) is 10.0. The second kappa shape index (κ2) is 5.68. The van der Waals surface area contributed by atoms with E-state index in [0.717, 1.165) is 44.9 Å². The Morgan fingerprint density at radius 3 is 2.36 bits per heavy atom. The smallest absolute Gasteiger partial charge is 0.242 e. The largest absolute Gasteiger partial charge is 0.368 e. The first-order chi connectivity index (χ1) is 12.0. The number of hydrogen-bond donors (Lipinski definition) is 0. The fourth-order valence-electron chi connectivity index (χ4n) is 4.58. The van der Waals surface area contributed by atoms with Crippen molar-refractivity contribution in [2.75, 3.05) is 45.9 Å². The molecule has 0 aromatic carbocycles. The molecule has 0 aromatic rings. The number of ether oxygens (including phenoxy) is 1. The lowest BCUT2D eigenvalue weighted by Gasteiger charge is -2.56. The van der Waals surface area contributed by atoms with Crippen LogP contribution in [0.1, 0.15) is 32.6 Å². The van der Waals surface area contributed by atoms with E-state index in [1.807, 2.05) is 9.80 Å². The Hall–Kier alpha value is -1.14. The maximum atomic E-state index is 12.8. The standard InChI is InChI=1S/C19H29N3O3/c1-13-7-15(13)17(23)22-11-19(12-22)10-21(8-14-3-4-14)16(9-25-19)18(24)20-5-2-6-20/h13-16H,2-12H2,1H3/t13-,15-,16-/m1/s1. The fourth-order valence-corrected chi connectivity index (χ4v) is 4.58. The number of carbonyl (C=O) groups excluding carboxylic acids is 2. The normalized spacial score (nSPS) is 36.8. The van der Waals surface area contributed by atoms with Crippen LogP contribution in [0.4, 0.5) is 0 Å². The van der Waals surface area contributed by atoms with Crippen LogP contribution in [-0.4, -0.2) is 84.0 Å². The van der Waals surface area contributed by atoms with E-state index in [-0.39, 0.29) is 23.5 Å². The molecule has 6 nitrogen and oxygen atoms in total. The third-order valence-corrected chi connectivity index (χ3v) is 6.82. The Bertz CT molecular complexity index is 580. The number of nitrogens with zero attached hydrogens (tertiary/aromatic N) is 3. The van der Waals surface area contributed by atoms with Crippen molar-refractivity contribution in [1.82, 2.24) is 14.7 Å². The molecule has 25 heavy (non-hydrogen) atoms. The van der Waals surface area contributed by atoms with E-state index in [2.05, 4.69) is 11.8 Å². The molecule has 3 heterocycles. The number of carbonyl (C=O) groups is 2. The third-order valence-electron chi connectivity index (χ3n) is 6.82. The summed E-state index contributed by atoms with van der Waals surface area (Å²) in [5, 5.41) is 0. The number of hydrogen-bond acceptors (Lipinski definition) is 4. The van der Waals surface area contributed by atoms with E-state index < -0.39 is 0 Å². The average Bonchev–Trinajstić information content (AvgIpc) is 3.40. The zero-order valence-corrected chi connectivity index (χ0v) is 15.2. The van der Waals surface area contributed by atoms with Gasteiger partial charge in [0, 0.05) is 32.1 Å². The summed E-state index contributed by atoms with van der Waals surface area (Å²) in [7, 11) is 0. The van der Waals surface area contributed by atoms with Crippen LogP contribution in [0.15, 0.2) is 0 Å². The number of amides is 2. The van der Waals surface area contributed by atoms with E-state index in [1.165, 1.54) is 12.8 Å². The highest BCUT2D eigenvalue weighted by Crippen LogP contribution is 2.42. The predicted octanol–water partition coefficient (Wildman–Crippen LogP) is 0.567. The highest BCUT2D eigenvalue weighted by Gasteiger charge is 2.55. The lowest BCUT2D eigenvalue weighted by Crippen LogP contribution is -2.74. The van der Waals surface area contributed by atoms with Gasteiger partial charge in [-0.2, -0.15) is 0 Å². The minimum Gasteiger partial charge on any atom is -0.368 e. The average molecular weight is 347 g/mol. The molecule has 5 rings (SSSR count). The van der Waals surface area contributed by atoms with E-state index in [1.54, 1.807) is 0 Å². The molecule has 5 fully saturated rings. The SMILES string of the molecule is C[C@@H]1C[C@H]1C(=O)N1CC2(C1)CN(CC1CC1)[C@@H](C(=O)N1CCC1)CO2. The fraction of sp³-hybridized carbons (Fsp3) is 0.895. The molecule has 3 aliphatic heterocycles. The number of rotatable bonds is 4. The van der Waals surface area contributed by atoms with Crippen LogP contribution in [0.2, 0.25) is 0 Å². The van der Waals surface area contributed by atoms with Crippen LogP contribution in [0.5, 0.6) is 0 Å². The van der Waals surface area contributed by atoms with Crippen LogP contribution in [-0.2, 0) is 14.3 Å². The van der Waals surface area contributed by atoms with E-state index >= 15 is 0 Å². The van der Waals surface area contributed by atoms with Gasteiger partial charge in [0.25, 0.3) is 0 Å². The van der Waals surface area contributed by atoms with Crippen molar-refractivity contribution in [2.45, 2.75) is 44.2 Å². The van der Waals surface area contributed by atoms with Gasteiger partial charge >= 0.3 is 0 Å². The lowest BCUT2D eigenvalue weighted by molar-refractivity contribution is -0.208. The molecule has 0 radical (unpaired) electrons. The van der Waals surface area contributed by atoms with Gasteiger partial charge in [0.2, 0.25) is 11.8 Å². The summed E-state index contributed by atoms with van der Waals surface area (Å²) in [5.74, 6) is 2.13. The van der Waals surface area contributed by atoms with Crippen molar-refractivity contribution in [2.24, 2.45) is 17.8 Å². The minimum absolute atomic E-state index is 0.111. The third kappa shape index (κ3) is 2.87. The second-order valence-corrected chi connectivity index (χ2v) is 9.08. The number of morpholine rings is 1. The summed E-state index contributed by atoms with van der Waals surface area (Å²) in [6.07, 6.45) is 4.75. The predicted molar refractivity (Wildman–Crippen MR) is 91.8 cm³/mol. The molecule has 2 aliphatic carbocycles. The van der Waals surface area contributed by atoms with Crippen molar-refractivity contribution in [3.05, 3.63) is 0 Å². The van der Waals surface area contributed by atoms with Crippen molar-refractivity contribution < 1.29 is 14.3 Å². The van der Waals surface area contributed by atoms with Gasteiger partial charge in [0.15, 0.2) is 0 Å². The number of likely N-dealkylation sites (tertiary alicyclic amines) is 2. The first-order valence-corrected chi connectivity index (χ1v) is 10.0. The highest BCUT2D eigenvalue weighted by atomic mass is 16.5. The van der Waals surface area contributed by atoms with Crippen LogP contribution in [0, 0.1) is 17.8 Å². The van der Waals surface area contributed by atoms with Crippen molar-refractivity contribution in [3.8, 4) is 0 Å². The molecule has 0 bridgehead atoms. The molecule has 138 valence electrons. The van der Waals surface area contributed by atoms with Crippen molar-refractivity contribution in [1.29, 1.82) is 0 Å². The second-order valence-electron chi connectivity index (χ2n) is 9.08. The van der Waals surface area contributed by atoms with Gasteiger partial charge in [0.05, 0.1) is 19.7 Å². The molecule has 5 aliphatic rings. The van der Waals surface area contributed by atoms with Gasteiger partial charge in [-0.1, -0.05) is 6.92 Å². The summed E-state index contributed by atoms with van der Waals surface area (Å²) in [4.78, 5) is 31.5. The molecule has 0 aromatic heterocycles. The molecule has 3 atom stereocenters. The Labute approximate surface area is 149 Å². The van der Waals surface area contributed by atoms with Crippen LogP contribution >= 0.6 is 0 Å².